The number of guanidine groups is 1. The minimum Gasteiger partial charge on any atom is -0.383 e. The molecule has 1 atom stereocenters. The third kappa shape index (κ3) is 7.97. The van der Waals surface area contributed by atoms with E-state index in [1.165, 1.54) is 38.6 Å². The molecule has 2 fully saturated rings. The monoisotopic (exact) mass is 468 g/mol. The molecule has 148 valence electrons. The second kappa shape index (κ2) is 13.1. The summed E-state index contributed by atoms with van der Waals surface area (Å²) in [6, 6.07) is 0.598. The summed E-state index contributed by atoms with van der Waals surface area (Å²) in [6.45, 7) is 6.92. The Bertz CT molecular complexity index is 378. The van der Waals surface area contributed by atoms with Crippen LogP contribution in [0, 0.1) is 5.92 Å². The molecule has 0 saturated carbocycles. The summed E-state index contributed by atoms with van der Waals surface area (Å²) in [6.07, 6.45) is 6.19. The molecule has 2 aliphatic rings. The fourth-order valence-electron chi connectivity index (χ4n) is 3.74. The Balaban J connectivity index is 0.00000312. The maximum absolute atomic E-state index is 5.45. The second-order valence-corrected chi connectivity index (χ2v) is 7.02. The van der Waals surface area contributed by atoms with Crippen LogP contribution in [0.1, 0.15) is 32.1 Å². The number of ether oxygens (including phenoxy) is 2. The second-order valence-electron chi connectivity index (χ2n) is 7.02. The molecule has 6 nitrogen and oxygen atoms in total. The van der Waals surface area contributed by atoms with Gasteiger partial charge in [0.2, 0.25) is 0 Å². The predicted molar refractivity (Wildman–Crippen MR) is 114 cm³/mol. The van der Waals surface area contributed by atoms with Crippen molar-refractivity contribution in [2.45, 2.75) is 38.1 Å². The summed E-state index contributed by atoms with van der Waals surface area (Å²) >= 11 is 0. The predicted octanol–water partition coefficient (Wildman–Crippen LogP) is 2.04. The fraction of sp³-hybridized carbons (Fsp3) is 0.944. The molecule has 2 heterocycles. The van der Waals surface area contributed by atoms with Gasteiger partial charge in [0.25, 0.3) is 0 Å². The number of hydrogen-bond donors (Lipinski definition) is 1. The van der Waals surface area contributed by atoms with Gasteiger partial charge in [-0.1, -0.05) is 0 Å². The molecule has 7 heteroatoms. The average molecular weight is 468 g/mol. The Kier molecular flexibility index (Phi) is 12.0. The van der Waals surface area contributed by atoms with Crippen LogP contribution in [0.25, 0.3) is 0 Å². The van der Waals surface area contributed by atoms with Crippen molar-refractivity contribution in [3.05, 3.63) is 0 Å². The van der Waals surface area contributed by atoms with Crippen molar-refractivity contribution in [3.8, 4) is 0 Å². The first-order valence-corrected chi connectivity index (χ1v) is 9.47. The lowest BCUT2D eigenvalue weighted by molar-refractivity contribution is 0.0625. The van der Waals surface area contributed by atoms with Crippen LogP contribution in [0.15, 0.2) is 4.99 Å². The Labute approximate surface area is 170 Å². The molecule has 0 aromatic heterocycles. The molecule has 25 heavy (non-hydrogen) atoms. The number of halogens is 1. The maximum Gasteiger partial charge on any atom is 0.193 e. The molecule has 2 aliphatic heterocycles. The highest BCUT2D eigenvalue weighted by Gasteiger charge is 2.24. The Hall–Kier alpha value is -0.120. The third-order valence-electron chi connectivity index (χ3n) is 5.36. The van der Waals surface area contributed by atoms with Gasteiger partial charge >= 0.3 is 0 Å². The first-order valence-electron chi connectivity index (χ1n) is 9.47. The number of nitrogens with zero attached hydrogens (tertiary/aromatic N) is 3. The van der Waals surface area contributed by atoms with Crippen LogP contribution < -0.4 is 5.32 Å². The first kappa shape index (κ1) is 22.9. The van der Waals surface area contributed by atoms with E-state index in [0.717, 1.165) is 51.3 Å². The smallest absolute Gasteiger partial charge is 0.193 e. The summed E-state index contributed by atoms with van der Waals surface area (Å²) in [5.41, 5.74) is 0. The standard InChI is InChI=1S/C18H36N4O2.HI/c1-19-18(21(2)10-6-16-7-12-24-13-8-16)20-15-17-5-4-9-22(17)11-14-23-3;/h16-17H,4-15H2,1-3H3,(H,19,20);1H. The van der Waals surface area contributed by atoms with E-state index in [0.29, 0.717) is 6.04 Å². The molecule has 0 aromatic carbocycles. The molecule has 0 aliphatic carbocycles. The van der Waals surface area contributed by atoms with Crippen molar-refractivity contribution >= 4 is 29.9 Å². The Morgan fingerprint density at radius 2 is 2.08 bits per heavy atom. The van der Waals surface area contributed by atoms with Crippen LogP contribution in [0.5, 0.6) is 0 Å². The van der Waals surface area contributed by atoms with Crippen LogP contribution in [-0.4, -0.2) is 89.0 Å². The number of nitrogens with one attached hydrogen (secondary N) is 1. The summed E-state index contributed by atoms with van der Waals surface area (Å²) in [5, 5.41) is 3.57. The zero-order valence-corrected chi connectivity index (χ0v) is 18.5. The van der Waals surface area contributed by atoms with E-state index >= 15 is 0 Å². The summed E-state index contributed by atoms with van der Waals surface area (Å²) in [7, 11) is 5.80. The Morgan fingerprint density at radius 3 is 2.76 bits per heavy atom. The van der Waals surface area contributed by atoms with Crippen molar-refractivity contribution in [2.24, 2.45) is 10.9 Å². The molecule has 0 spiro atoms. The van der Waals surface area contributed by atoms with Gasteiger partial charge in [-0.15, -0.1) is 24.0 Å². The van der Waals surface area contributed by atoms with Crippen LogP contribution in [0.2, 0.25) is 0 Å². The number of methoxy groups -OCH3 is 1. The largest absolute Gasteiger partial charge is 0.383 e. The lowest BCUT2D eigenvalue weighted by Crippen LogP contribution is -2.46. The van der Waals surface area contributed by atoms with Gasteiger partial charge in [0.15, 0.2) is 5.96 Å². The molecule has 1 N–H and O–H groups in total. The molecular weight excluding hydrogens is 431 g/mol. The molecule has 2 saturated heterocycles. The maximum atomic E-state index is 5.45. The van der Waals surface area contributed by atoms with E-state index in [9.17, 15) is 0 Å². The van der Waals surface area contributed by atoms with Crippen molar-refractivity contribution in [1.82, 2.24) is 15.1 Å². The van der Waals surface area contributed by atoms with Crippen LogP contribution in [0.4, 0.5) is 0 Å². The van der Waals surface area contributed by atoms with Crippen LogP contribution >= 0.6 is 24.0 Å². The van der Waals surface area contributed by atoms with E-state index in [4.69, 9.17) is 9.47 Å². The highest BCUT2D eigenvalue weighted by molar-refractivity contribution is 14.0. The van der Waals surface area contributed by atoms with Gasteiger partial charge in [-0.25, -0.2) is 0 Å². The van der Waals surface area contributed by atoms with E-state index < -0.39 is 0 Å². The highest BCUT2D eigenvalue weighted by atomic mass is 127. The number of rotatable bonds is 8. The van der Waals surface area contributed by atoms with Crippen molar-refractivity contribution in [1.29, 1.82) is 0 Å². The molecule has 0 aromatic rings. The van der Waals surface area contributed by atoms with Crippen molar-refractivity contribution in [2.75, 3.05) is 67.2 Å². The van der Waals surface area contributed by atoms with Gasteiger partial charge in [-0.2, -0.15) is 0 Å². The van der Waals surface area contributed by atoms with E-state index in [1.54, 1.807) is 7.11 Å². The molecule has 0 amide bonds. The number of likely N-dealkylation sites (tertiary alicyclic amines) is 1. The quantitative estimate of drug-likeness (QED) is 0.336. The zero-order valence-electron chi connectivity index (χ0n) is 16.2. The zero-order chi connectivity index (χ0) is 17.2. The van der Waals surface area contributed by atoms with Gasteiger partial charge < -0.3 is 19.7 Å². The van der Waals surface area contributed by atoms with E-state index in [1.807, 2.05) is 7.05 Å². The number of hydrogen-bond acceptors (Lipinski definition) is 4. The average Bonchev–Trinajstić information content (AvgIpc) is 3.07. The lowest BCUT2D eigenvalue weighted by Gasteiger charge is -2.29. The summed E-state index contributed by atoms with van der Waals surface area (Å²) < 4.78 is 10.7. The minimum absolute atomic E-state index is 0. The molecule has 1 unspecified atom stereocenters. The Morgan fingerprint density at radius 1 is 1.32 bits per heavy atom. The van der Waals surface area contributed by atoms with Gasteiger partial charge in [-0.05, 0) is 44.6 Å². The van der Waals surface area contributed by atoms with E-state index in [-0.39, 0.29) is 24.0 Å². The van der Waals surface area contributed by atoms with Crippen LogP contribution in [0.3, 0.4) is 0 Å². The van der Waals surface area contributed by atoms with Crippen molar-refractivity contribution < 1.29 is 9.47 Å². The molecule has 0 bridgehead atoms. The van der Waals surface area contributed by atoms with Gasteiger partial charge in [-0.3, -0.25) is 9.89 Å². The van der Waals surface area contributed by atoms with Gasteiger partial charge in [0.05, 0.1) is 6.61 Å². The summed E-state index contributed by atoms with van der Waals surface area (Å²) in [4.78, 5) is 9.26. The highest BCUT2D eigenvalue weighted by Crippen LogP contribution is 2.19. The first-order chi connectivity index (χ1) is 11.7. The fourth-order valence-corrected chi connectivity index (χ4v) is 3.74. The minimum atomic E-state index is 0. The SMILES string of the molecule is CN=C(NCC1CCCN1CCOC)N(C)CCC1CCOCC1.I. The molecule has 2 rings (SSSR count). The summed E-state index contributed by atoms with van der Waals surface area (Å²) in [5.74, 6) is 1.82. The van der Waals surface area contributed by atoms with Gasteiger partial charge in [0.1, 0.15) is 0 Å². The topological polar surface area (TPSA) is 49.3 Å². The number of aliphatic imine (C=N–C) groups is 1. The molecular formula is C18H37IN4O2. The van der Waals surface area contributed by atoms with Gasteiger partial charge in [0, 0.05) is 60.1 Å². The third-order valence-corrected chi connectivity index (χ3v) is 5.36. The molecule has 0 radical (unpaired) electrons. The van der Waals surface area contributed by atoms with E-state index in [2.05, 4.69) is 27.2 Å². The lowest BCUT2D eigenvalue weighted by atomic mass is 9.96. The van der Waals surface area contributed by atoms with Crippen LogP contribution in [-0.2, 0) is 9.47 Å². The normalized spacial score (nSPS) is 22.7. The van der Waals surface area contributed by atoms with Crippen molar-refractivity contribution in [3.63, 3.8) is 0 Å².